The summed E-state index contributed by atoms with van der Waals surface area (Å²) in [4.78, 5) is 8.52. The van der Waals surface area contributed by atoms with Crippen LogP contribution in [0.15, 0.2) is 12.5 Å². The Bertz CT molecular complexity index is 462. The summed E-state index contributed by atoms with van der Waals surface area (Å²) in [5.41, 5.74) is 7.95. The van der Waals surface area contributed by atoms with E-state index in [4.69, 9.17) is 5.73 Å². The molecule has 0 aliphatic heterocycles. The van der Waals surface area contributed by atoms with Gasteiger partial charge in [0.2, 0.25) is 0 Å². The zero-order chi connectivity index (χ0) is 10.8. The number of hydrogen-bond acceptors (Lipinski definition) is 4. The predicted molar refractivity (Wildman–Crippen MR) is 57.4 cm³/mol. The third kappa shape index (κ3) is 1.59. The predicted octanol–water partition coefficient (Wildman–Crippen LogP) is 1.10. The quantitative estimate of drug-likeness (QED) is 0.814. The molecule has 2 heterocycles. The fourth-order valence-corrected chi connectivity index (χ4v) is 1.61. The van der Waals surface area contributed by atoms with Gasteiger partial charge in [-0.1, -0.05) is 13.8 Å². The van der Waals surface area contributed by atoms with Crippen molar-refractivity contribution in [2.24, 2.45) is 5.73 Å². The van der Waals surface area contributed by atoms with Gasteiger partial charge in [-0.05, 0) is 12.8 Å². The number of nitrogens with two attached hydrogens (primary N) is 1. The Morgan fingerprint density at radius 1 is 1.47 bits per heavy atom. The van der Waals surface area contributed by atoms with E-state index in [1.807, 2.05) is 6.92 Å². The van der Waals surface area contributed by atoms with Crippen LogP contribution >= 0.6 is 0 Å². The lowest BCUT2D eigenvalue weighted by Crippen LogP contribution is -2.13. The van der Waals surface area contributed by atoms with Gasteiger partial charge in [0.05, 0.1) is 17.9 Å². The number of imidazole rings is 1. The van der Waals surface area contributed by atoms with Gasteiger partial charge in [0.25, 0.3) is 0 Å². The second-order valence-electron chi connectivity index (χ2n) is 3.49. The Balaban J connectivity index is 2.65. The Morgan fingerprint density at radius 2 is 2.27 bits per heavy atom. The molecule has 0 spiro atoms. The molecule has 0 saturated carbocycles. The topological polar surface area (TPSA) is 69.1 Å². The van der Waals surface area contributed by atoms with E-state index in [0.717, 1.165) is 29.9 Å². The number of hydrogen-bond donors (Lipinski definition) is 1. The molecule has 5 nitrogen and oxygen atoms in total. The Labute approximate surface area is 88.3 Å². The molecule has 2 N–H and O–H groups in total. The van der Waals surface area contributed by atoms with Crippen LogP contribution in [0.5, 0.6) is 0 Å². The Kier molecular flexibility index (Phi) is 2.64. The van der Waals surface area contributed by atoms with Crippen LogP contribution in [-0.4, -0.2) is 19.6 Å². The molecular formula is C10H15N5. The molecule has 5 heteroatoms. The van der Waals surface area contributed by atoms with Crippen LogP contribution in [0.2, 0.25) is 0 Å². The molecule has 0 aliphatic rings. The van der Waals surface area contributed by atoms with Gasteiger partial charge in [-0.15, -0.1) is 0 Å². The van der Waals surface area contributed by atoms with Gasteiger partial charge in [0.1, 0.15) is 17.7 Å². The number of aryl methyl sites for hydroxylation is 1. The largest absolute Gasteiger partial charge is 0.321 e. The Morgan fingerprint density at radius 3 is 2.93 bits per heavy atom. The normalized spacial score (nSPS) is 13.3. The summed E-state index contributed by atoms with van der Waals surface area (Å²) in [7, 11) is 0. The fraction of sp³-hybridized carbons (Fsp3) is 0.500. The van der Waals surface area contributed by atoms with Crippen molar-refractivity contribution in [1.29, 1.82) is 0 Å². The van der Waals surface area contributed by atoms with Gasteiger partial charge in [-0.3, -0.25) is 0 Å². The highest BCUT2D eigenvalue weighted by Gasteiger charge is 2.15. The number of rotatable bonds is 3. The van der Waals surface area contributed by atoms with E-state index in [-0.39, 0.29) is 6.04 Å². The van der Waals surface area contributed by atoms with E-state index in [1.165, 1.54) is 6.33 Å². The molecule has 0 fully saturated rings. The first kappa shape index (κ1) is 10.0. The maximum absolute atomic E-state index is 5.98. The van der Waals surface area contributed by atoms with E-state index in [9.17, 15) is 0 Å². The van der Waals surface area contributed by atoms with Crippen LogP contribution in [-0.2, 0) is 6.42 Å². The molecule has 1 atom stereocenters. The van der Waals surface area contributed by atoms with Gasteiger partial charge in [0, 0.05) is 0 Å². The first-order chi connectivity index (χ1) is 7.27. The van der Waals surface area contributed by atoms with Gasteiger partial charge >= 0.3 is 0 Å². The van der Waals surface area contributed by atoms with Gasteiger partial charge < -0.3 is 5.73 Å². The molecule has 80 valence electrons. The first-order valence-corrected chi connectivity index (χ1v) is 5.21. The van der Waals surface area contributed by atoms with Crippen molar-refractivity contribution >= 4 is 5.52 Å². The van der Waals surface area contributed by atoms with Crippen molar-refractivity contribution in [1.82, 2.24) is 19.6 Å². The summed E-state index contributed by atoms with van der Waals surface area (Å²) in [6.07, 6.45) is 5.02. The third-order valence-electron chi connectivity index (χ3n) is 2.53. The monoisotopic (exact) mass is 205 g/mol. The van der Waals surface area contributed by atoms with Crippen LogP contribution in [0, 0.1) is 0 Å². The highest BCUT2D eigenvalue weighted by molar-refractivity contribution is 5.50. The highest BCUT2D eigenvalue weighted by atomic mass is 15.3. The SMILES string of the molecule is CCc1nc(C(N)CC)n2ncncc12. The van der Waals surface area contributed by atoms with Crippen molar-refractivity contribution in [3.05, 3.63) is 24.0 Å². The van der Waals surface area contributed by atoms with Gasteiger partial charge in [-0.25, -0.2) is 14.5 Å². The summed E-state index contributed by atoms with van der Waals surface area (Å²) in [5.74, 6) is 0.826. The van der Waals surface area contributed by atoms with E-state index >= 15 is 0 Å². The molecule has 15 heavy (non-hydrogen) atoms. The van der Waals surface area contributed by atoms with E-state index in [1.54, 1.807) is 10.7 Å². The average molecular weight is 205 g/mol. The number of aromatic nitrogens is 4. The van der Waals surface area contributed by atoms with E-state index in [2.05, 4.69) is 22.0 Å². The standard InChI is InChI=1S/C10H15N5/c1-3-7(11)10-14-8(4-2)9-5-12-6-13-15(9)10/h5-7H,3-4,11H2,1-2H3. The molecule has 2 aromatic rings. The zero-order valence-corrected chi connectivity index (χ0v) is 9.01. The zero-order valence-electron chi connectivity index (χ0n) is 9.01. The molecular weight excluding hydrogens is 190 g/mol. The smallest absolute Gasteiger partial charge is 0.147 e. The molecule has 0 radical (unpaired) electrons. The van der Waals surface area contributed by atoms with Crippen molar-refractivity contribution < 1.29 is 0 Å². The number of nitrogens with zero attached hydrogens (tertiary/aromatic N) is 4. The molecule has 2 aromatic heterocycles. The minimum absolute atomic E-state index is 0.0623. The summed E-state index contributed by atoms with van der Waals surface area (Å²) < 4.78 is 1.79. The molecule has 0 aromatic carbocycles. The lowest BCUT2D eigenvalue weighted by Gasteiger charge is -2.05. The maximum atomic E-state index is 5.98. The molecule has 2 rings (SSSR count). The molecule has 0 amide bonds. The second-order valence-corrected chi connectivity index (χ2v) is 3.49. The molecule has 0 bridgehead atoms. The minimum atomic E-state index is -0.0623. The minimum Gasteiger partial charge on any atom is -0.321 e. The van der Waals surface area contributed by atoms with Crippen molar-refractivity contribution in [2.45, 2.75) is 32.7 Å². The Hall–Kier alpha value is -1.49. The van der Waals surface area contributed by atoms with Crippen LogP contribution in [0.25, 0.3) is 5.52 Å². The lowest BCUT2D eigenvalue weighted by molar-refractivity contribution is 0.623. The van der Waals surface area contributed by atoms with Crippen molar-refractivity contribution in [3.8, 4) is 0 Å². The van der Waals surface area contributed by atoms with E-state index in [0.29, 0.717) is 0 Å². The lowest BCUT2D eigenvalue weighted by atomic mass is 10.2. The second kappa shape index (κ2) is 3.94. The van der Waals surface area contributed by atoms with E-state index < -0.39 is 0 Å². The molecule has 0 saturated heterocycles. The van der Waals surface area contributed by atoms with Gasteiger partial charge in [0.15, 0.2) is 0 Å². The fourth-order valence-electron chi connectivity index (χ4n) is 1.61. The summed E-state index contributed by atoms with van der Waals surface area (Å²) in [6.45, 7) is 4.11. The third-order valence-corrected chi connectivity index (χ3v) is 2.53. The molecule has 0 aliphatic carbocycles. The maximum Gasteiger partial charge on any atom is 0.147 e. The average Bonchev–Trinajstić information content (AvgIpc) is 2.67. The van der Waals surface area contributed by atoms with Crippen molar-refractivity contribution in [3.63, 3.8) is 0 Å². The summed E-state index contributed by atoms with van der Waals surface area (Å²) in [6, 6.07) is -0.0623. The van der Waals surface area contributed by atoms with Gasteiger partial charge in [-0.2, -0.15) is 5.10 Å². The van der Waals surface area contributed by atoms with Crippen LogP contribution in [0.3, 0.4) is 0 Å². The van der Waals surface area contributed by atoms with Crippen molar-refractivity contribution in [2.75, 3.05) is 0 Å². The van der Waals surface area contributed by atoms with Crippen LogP contribution in [0.1, 0.15) is 37.8 Å². The van der Waals surface area contributed by atoms with Crippen LogP contribution < -0.4 is 5.73 Å². The number of fused-ring (bicyclic) bond motifs is 1. The first-order valence-electron chi connectivity index (χ1n) is 5.21. The summed E-state index contributed by atoms with van der Waals surface area (Å²) >= 11 is 0. The summed E-state index contributed by atoms with van der Waals surface area (Å²) in [5, 5.41) is 4.18. The molecule has 1 unspecified atom stereocenters. The van der Waals surface area contributed by atoms with Crippen LogP contribution in [0.4, 0.5) is 0 Å². The highest BCUT2D eigenvalue weighted by Crippen LogP contribution is 2.17.